The fourth-order valence-corrected chi connectivity index (χ4v) is 1.85. The molecule has 0 radical (unpaired) electrons. The number of carbonyl (C=O) groups is 1. The van der Waals surface area contributed by atoms with E-state index in [-0.39, 0.29) is 23.9 Å². The Balaban J connectivity index is 1.88. The number of benzene rings is 1. The molecule has 1 amide bonds. The average molecular weight is 283 g/mol. The number of pyridine rings is 1. The Kier molecular flexibility index (Phi) is 5.04. The molecule has 5 heteroatoms. The van der Waals surface area contributed by atoms with E-state index >= 15 is 0 Å². The Morgan fingerprint density at radius 1 is 1.24 bits per heavy atom. The molecule has 0 saturated heterocycles. The van der Waals surface area contributed by atoms with Crippen molar-refractivity contribution in [2.75, 3.05) is 0 Å². The van der Waals surface area contributed by atoms with E-state index in [1.165, 1.54) is 10.6 Å². The van der Waals surface area contributed by atoms with Crippen LogP contribution < -0.4 is 11.0 Å². The maximum absolute atomic E-state index is 11.7. The Hall–Kier alpha value is -2.69. The topological polar surface area (TPSA) is 63.5 Å². The number of hydrogen-bond acceptors (Lipinski definition) is 3. The zero-order chi connectivity index (χ0) is 15.1. The molecule has 2 rings (SSSR count). The molecule has 0 fully saturated rings. The Morgan fingerprint density at radius 3 is 2.67 bits per heavy atom. The van der Waals surface area contributed by atoms with Gasteiger partial charge in [0.15, 0.2) is 0 Å². The van der Waals surface area contributed by atoms with Gasteiger partial charge in [-0.15, -0.1) is 0 Å². The number of aromatic nitrogens is 1. The highest BCUT2D eigenvalue weighted by Gasteiger charge is 2.03. The highest BCUT2D eigenvalue weighted by Crippen LogP contribution is 2.11. The highest BCUT2D eigenvalue weighted by molar-refractivity contribution is 5.77. The van der Waals surface area contributed by atoms with Gasteiger partial charge in [-0.2, -0.15) is 5.10 Å². The van der Waals surface area contributed by atoms with Crippen molar-refractivity contribution in [1.82, 2.24) is 9.99 Å². The van der Waals surface area contributed by atoms with Crippen LogP contribution in [-0.4, -0.2) is 16.7 Å². The number of rotatable bonds is 5. The SMILES string of the molecule is C[C@@H](/C=N\NC(=O)Cn1ccccc1=O)c1ccccc1. The van der Waals surface area contributed by atoms with Crippen molar-refractivity contribution in [2.24, 2.45) is 5.10 Å². The van der Waals surface area contributed by atoms with Crippen LogP contribution in [0.2, 0.25) is 0 Å². The number of hydrogen-bond donors (Lipinski definition) is 1. The predicted octanol–water partition coefficient (Wildman–Crippen LogP) is 1.75. The molecule has 0 aliphatic rings. The van der Waals surface area contributed by atoms with E-state index < -0.39 is 0 Å². The van der Waals surface area contributed by atoms with Crippen LogP contribution in [-0.2, 0) is 11.3 Å². The van der Waals surface area contributed by atoms with Crippen molar-refractivity contribution >= 4 is 12.1 Å². The third kappa shape index (κ3) is 4.42. The van der Waals surface area contributed by atoms with Crippen LogP contribution in [0, 0.1) is 0 Å². The van der Waals surface area contributed by atoms with Crippen molar-refractivity contribution in [2.45, 2.75) is 19.4 Å². The first kappa shape index (κ1) is 14.7. The smallest absolute Gasteiger partial charge is 0.260 e. The number of nitrogens with zero attached hydrogens (tertiary/aromatic N) is 2. The van der Waals surface area contributed by atoms with Gasteiger partial charge in [-0.25, -0.2) is 5.43 Å². The van der Waals surface area contributed by atoms with Gasteiger partial charge in [0.1, 0.15) is 6.54 Å². The lowest BCUT2D eigenvalue weighted by atomic mass is 10.0. The fraction of sp³-hybridized carbons (Fsp3) is 0.188. The van der Waals surface area contributed by atoms with Gasteiger partial charge in [0, 0.05) is 24.4 Å². The molecule has 2 aromatic rings. The zero-order valence-corrected chi connectivity index (χ0v) is 11.8. The molecule has 5 nitrogen and oxygen atoms in total. The van der Waals surface area contributed by atoms with Crippen molar-refractivity contribution in [3.63, 3.8) is 0 Å². The number of nitrogens with one attached hydrogen (secondary N) is 1. The fourth-order valence-electron chi connectivity index (χ4n) is 1.85. The molecular weight excluding hydrogens is 266 g/mol. The van der Waals surface area contributed by atoms with Gasteiger partial charge in [-0.1, -0.05) is 43.3 Å². The first-order valence-electron chi connectivity index (χ1n) is 6.69. The van der Waals surface area contributed by atoms with Gasteiger partial charge < -0.3 is 4.57 Å². The molecule has 21 heavy (non-hydrogen) atoms. The minimum atomic E-state index is -0.334. The van der Waals surface area contributed by atoms with Crippen LogP contribution >= 0.6 is 0 Å². The number of carbonyl (C=O) groups excluding carboxylic acids is 1. The molecule has 0 aliphatic heterocycles. The molecule has 0 aliphatic carbocycles. The summed E-state index contributed by atoms with van der Waals surface area (Å²) in [5.74, 6) is -0.231. The number of hydrazone groups is 1. The van der Waals surface area contributed by atoms with E-state index in [0.717, 1.165) is 5.56 Å². The summed E-state index contributed by atoms with van der Waals surface area (Å²) in [6.45, 7) is 1.95. The second kappa shape index (κ2) is 7.19. The third-order valence-corrected chi connectivity index (χ3v) is 3.03. The molecule has 0 unspecified atom stereocenters. The molecule has 0 saturated carbocycles. The molecule has 108 valence electrons. The van der Waals surface area contributed by atoms with Crippen molar-refractivity contribution in [3.05, 3.63) is 70.6 Å². The van der Waals surface area contributed by atoms with Crippen molar-refractivity contribution in [3.8, 4) is 0 Å². The molecule has 1 aromatic heterocycles. The van der Waals surface area contributed by atoms with Crippen molar-refractivity contribution in [1.29, 1.82) is 0 Å². The van der Waals surface area contributed by atoms with Gasteiger partial charge in [0.05, 0.1) is 0 Å². The second-order valence-corrected chi connectivity index (χ2v) is 4.68. The quantitative estimate of drug-likeness (QED) is 0.671. The van der Waals surface area contributed by atoms with Crippen LogP contribution in [0.3, 0.4) is 0 Å². The van der Waals surface area contributed by atoms with E-state index in [4.69, 9.17) is 0 Å². The third-order valence-electron chi connectivity index (χ3n) is 3.03. The Morgan fingerprint density at radius 2 is 1.95 bits per heavy atom. The van der Waals surface area contributed by atoms with Crippen LogP contribution in [0.4, 0.5) is 0 Å². The molecular formula is C16H17N3O2. The van der Waals surface area contributed by atoms with Gasteiger partial charge in [-0.3, -0.25) is 9.59 Å². The normalized spacial score (nSPS) is 12.2. The van der Waals surface area contributed by atoms with Crippen LogP contribution in [0.5, 0.6) is 0 Å². The minimum absolute atomic E-state index is 0.0449. The van der Waals surface area contributed by atoms with Crippen LogP contribution in [0.1, 0.15) is 18.4 Å². The van der Waals surface area contributed by atoms with E-state index in [9.17, 15) is 9.59 Å². The van der Waals surface area contributed by atoms with E-state index in [1.54, 1.807) is 24.5 Å². The summed E-state index contributed by atoms with van der Waals surface area (Å²) in [6.07, 6.45) is 3.24. The molecule has 0 spiro atoms. The minimum Gasteiger partial charge on any atom is -0.306 e. The predicted molar refractivity (Wildman–Crippen MR) is 82.2 cm³/mol. The lowest BCUT2D eigenvalue weighted by Gasteiger charge is -2.06. The first-order valence-corrected chi connectivity index (χ1v) is 6.69. The van der Waals surface area contributed by atoms with Gasteiger partial charge in [-0.05, 0) is 11.6 Å². The Bertz CT molecular complexity index is 677. The standard InChI is InChI=1S/C16H17N3O2/c1-13(14-7-3-2-4-8-14)11-17-18-15(20)12-19-10-6-5-9-16(19)21/h2-11,13H,12H2,1H3,(H,18,20)/b17-11-/t13-/m0/s1. The molecule has 1 atom stereocenters. The first-order chi connectivity index (χ1) is 10.2. The molecule has 1 heterocycles. The largest absolute Gasteiger partial charge is 0.306 e. The summed E-state index contributed by atoms with van der Waals surface area (Å²) < 4.78 is 1.32. The Labute approximate surface area is 122 Å². The lowest BCUT2D eigenvalue weighted by Crippen LogP contribution is -2.29. The maximum Gasteiger partial charge on any atom is 0.260 e. The van der Waals surface area contributed by atoms with E-state index in [0.29, 0.717) is 0 Å². The maximum atomic E-state index is 11.7. The van der Waals surface area contributed by atoms with E-state index in [2.05, 4.69) is 10.5 Å². The summed E-state index contributed by atoms with van der Waals surface area (Å²) in [5.41, 5.74) is 3.34. The van der Waals surface area contributed by atoms with E-state index in [1.807, 2.05) is 37.3 Å². The molecule has 0 bridgehead atoms. The van der Waals surface area contributed by atoms with Crippen molar-refractivity contribution < 1.29 is 4.79 Å². The van der Waals surface area contributed by atoms with Gasteiger partial charge >= 0.3 is 0 Å². The highest BCUT2D eigenvalue weighted by atomic mass is 16.2. The van der Waals surface area contributed by atoms with Crippen LogP contribution in [0.25, 0.3) is 0 Å². The average Bonchev–Trinajstić information content (AvgIpc) is 2.50. The second-order valence-electron chi connectivity index (χ2n) is 4.68. The summed E-state index contributed by atoms with van der Waals surface area (Å²) in [4.78, 5) is 23.2. The zero-order valence-electron chi connectivity index (χ0n) is 11.8. The molecule has 1 N–H and O–H groups in total. The summed E-state index contributed by atoms with van der Waals surface area (Å²) >= 11 is 0. The lowest BCUT2D eigenvalue weighted by molar-refractivity contribution is -0.121. The summed E-state index contributed by atoms with van der Waals surface area (Å²) in [5, 5.41) is 3.93. The summed E-state index contributed by atoms with van der Waals surface area (Å²) in [7, 11) is 0. The summed E-state index contributed by atoms with van der Waals surface area (Å²) in [6, 6.07) is 14.6. The van der Waals surface area contributed by atoms with Gasteiger partial charge in [0.25, 0.3) is 11.5 Å². The van der Waals surface area contributed by atoms with Crippen LogP contribution in [0.15, 0.2) is 64.6 Å². The molecule has 1 aromatic carbocycles. The monoisotopic (exact) mass is 283 g/mol. The van der Waals surface area contributed by atoms with Gasteiger partial charge in [0.2, 0.25) is 0 Å². The number of amides is 1.